The SMILES string of the molecule is CCCCOc1ccc(NC(=O)[C@](C)(CC)OC)cn1. The molecule has 0 aliphatic rings. The number of anilines is 1. The number of carbonyl (C=O) groups is 1. The second kappa shape index (κ2) is 7.85. The molecule has 112 valence electrons. The van der Waals surface area contributed by atoms with E-state index in [1.54, 1.807) is 25.3 Å². The summed E-state index contributed by atoms with van der Waals surface area (Å²) in [5, 5.41) is 2.80. The fourth-order valence-electron chi connectivity index (χ4n) is 1.52. The predicted octanol–water partition coefficient (Wildman–Crippen LogP) is 3.01. The number of hydrogen-bond donors (Lipinski definition) is 1. The highest BCUT2D eigenvalue weighted by molar-refractivity contribution is 5.96. The Labute approximate surface area is 120 Å². The third-order valence-electron chi connectivity index (χ3n) is 3.35. The monoisotopic (exact) mass is 280 g/mol. The van der Waals surface area contributed by atoms with Crippen molar-refractivity contribution in [2.45, 2.75) is 45.6 Å². The molecule has 5 heteroatoms. The van der Waals surface area contributed by atoms with E-state index in [0.29, 0.717) is 24.6 Å². The fourth-order valence-corrected chi connectivity index (χ4v) is 1.52. The van der Waals surface area contributed by atoms with Crippen LogP contribution in [0.1, 0.15) is 40.0 Å². The van der Waals surface area contributed by atoms with E-state index >= 15 is 0 Å². The van der Waals surface area contributed by atoms with Crippen LogP contribution in [-0.4, -0.2) is 30.2 Å². The second-order valence-corrected chi connectivity index (χ2v) is 4.83. The zero-order valence-electron chi connectivity index (χ0n) is 12.7. The normalized spacial score (nSPS) is 13.6. The van der Waals surface area contributed by atoms with E-state index in [0.717, 1.165) is 12.8 Å². The lowest BCUT2D eigenvalue weighted by Gasteiger charge is -2.25. The van der Waals surface area contributed by atoms with Gasteiger partial charge in [0.1, 0.15) is 5.60 Å². The van der Waals surface area contributed by atoms with Crippen molar-refractivity contribution in [3.8, 4) is 5.88 Å². The summed E-state index contributed by atoms with van der Waals surface area (Å²) in [5.41, 5.74) is -0.189. The van der Waals surface area contributed by atoms with Gasteiger partial charge in [-0.05, 0) is 25.8 Å². The van der Waals surface area contributed by atoms with E-state index in [1.165, 1.54) is 7.11 Å². The molecule has 5 nitrogen and oxygen atoms in total. The molecule has 0 saturated carbocycles. The van der Waals surface area contributed by atoms with Crippen molar-refractivity contribution in [3.05, 3.63) is 18.3 Å². The number of rotatable bonds is 8. The smallest absolute Gasteiger partial charge is 0.256 e. The lowest BCUT2D eigenvalue weighted by atomic mass is 10.0. The number of hydrogen-bond acceptors (Lipinski definition) is 4. The van der Waals surface area contributed by atoms with Crippen molar-refractivity contribution in [3.63, 3.8) is 0 Å². The highest BCUT2D eigenvalue weighted by Crippen LogP contribution is 2.18. The van der Waals surface area contributed by atoms with Crippen LogP contribution < -0.4 is 10.1 Å². The van der Waals surface area contributed by atoms with Crippen LogP contribution in [-0.2, 0) is 9.53 Å². The maximum Gasteiger partial charge on any atom is 0.256 e. The Kier molecular flexibility index (Phi) is 6.45. The van der Waals surface area contributed by atoms with E-state index in [-0.39, 0.29) is 5.91 Å². The Morgan fingerprint density at radius 1 is 1.40 bits per heavy atom. The molecule has 0 aliphatic heterocycles. The van der Waals surface area contributed by atoms with Gasteiger partial charge in [0, 0.05) is 13.2 Å². The first-order valence-corrected chi connectivity index (χ1v) is 7.01. The molecule has 0 aromatic carbocycles. The number of nitrogens with one attached hydrogen (secondary N) is 1. The van der Waals surface area contributed by atoms with E-state index in [9.17, 15) is 4.79 Å². The fraction of sp³-hybridized carbons (Fsp3) is 0.600. The van der Waals surface area contributed by atoms with Gasteiger partial charge in [-0.1, -0.05) is 20.3 Å². The van der Waals surface area contributed by atoms with Crippen LogP contribution in [0, 0.1) is 0 Å². The number of ether oxygens (including phenoxy) is 2. The molecule has 1 atom stereocenters. The van der Waals surface area contributed by atoms with Crippen LogP contribution in [0.25, 0.3) is 0 Å². The van der Waals surface area contributed by atoms with E-state index < -0.39 is 5.60 Å². The quantitative estimate of drug-likeness (QED) is 0.744. The van der Waals surface area contributed by atoms with Gasteiger partial charge in [0.2, 0.25) is 5.88 Å². The van der Waals surface area contributed by atoms with E-state index in [1.807, 2.05) is 6.92 Å². The summed E-state index contributed by atoms with van der Waals surface area (Å²) in [6.07, 6.45) is 4.27. The molecule has 1 N–H and O–H groups in total. The summed E-state index contributed by atoms with van der Waals surface area (Å²) in [6.45, 7) is 6.44. The Hall–Kier alpha value is -1.62. The Morgan fingerprint density at radius 3 is 2.65 bits per heavy atom. The molecule has 1 heterocycles. The molecule has 1 amide bonds. The van der Waals surface area contributed by atoms with Gasteiger partial charge >= 0.3 is 0 Å². The molecule has 0 fully saturated rings. The van der Waals surface area contributed by atoms with Crippen molar-refractivity contribution in [1.82, 2.24) is 4.98 Å². The first-order chi connectivity index (χ1) is 9.55. The molecule has 20 heavy (non-hydrogen) atoms. The van der Waals surface area contributed by atoms with Gasteiger partial charge in [-0.3, -0.25) is 4.79 Å². The van der Waals surface area contributed by atoms with Gasteiger partial charge in [-0.15, -0.1) is 0 Å². The second-order valence-electron chi connectivity index (χ2n) is 4.83. The molecule has 1 aromatic heterocycles. The number of unbranched alkanes of at least 4 members (excludes halogenated alkanes) is 1. The lowest BCUT2D eigenvalue weighted by Crippen LogP contribution is -2.41. The summed E-state index contributed by atoms with van der Waals surface area (Å²) in [5.74, 6) is 0.394. The minimum Gasteiger partial charge on any atom is -0.478 e. The molecule has 0 radical (unpaired) electrons. The van der Waals surface area contributed by atoms with Crippen molar-refractivity contribution in [2.75, 3.05) is 19.0 Å². The Bertz CT molecular complexity index is 414. The number of pyridine rings is 1. The lowest BCUT2D eigenvalue weighted by molar-refractivity contribution is -0.136. The van der Waals surface area contributed by atoms with Crippen molar-refractivity contribution in [1.29, 1.82) is 0 Å². The van der Waals surface area contributed by atoms with Gasteiger partial charge in [0.15, 0.2) is 0 Å². The minimum atomic E-state index is -0.823. The number of carbonyl (C=O) groups excluding carboxylic acids is 1. The third kappa shape index (κ3) is 4.49. The van der Waals surface area contributed by atoms with Gasteiger partial charge in [-0.2, -0.15) is 0 Å². The molecular weight excluding hydrogens is 256 g/mol. The predicted molar refractivity (Wildman–Crippen MR) is 79.0 cm³/mol. The molecule has 0 unspecified atom stereocenters. The zero-order valence-corrected chi connectivity index (χ0v) is 12.7. The maximum atomic E-state index is 12.1. The summed E-state index contributed by atoms with van der Waals surface area (Å²) in [6, 6.07) is 3.53. The summed E-state index contributed by atoms with van der Waals surface area (Å²) >= 11 is 0. The topological polar surface area (TPSA) is 60.5 Å². The van der Waals surface area contributed by atoms with Gasteiger partial charge in [-0.25, -0.2) is 4.98 Å². The van der Waals surface area contributed by atoms with E-state index in [2.05, 4.69) is 17.2 Å². The third-order valence-corrected chi connectivity index (χ3v) is 3.35. The van der Waals surface area contributed by atoms with Crippen molar-refractivity contribution < 1.29 is 14.3 Å². The number of amides is 1. The highest BCUT2D eigenvalue weighted by atomic mass is 16.5. The largest absolute Gasteiger partial charge is 0.478 e. The number of aromatic nitrogens is 1. The Morgan fingerprint density at radius 2 is 2.15 bits per heavy atom. The minimum absolute atomic E-state index is 0.177. The molecule has 0 spiro atoms. The number of methoxy groups -OCH3 is 1. The highest BCUT2D eigenvalue weighted by Gasteiger charge is 2.30. The zero-order chi connectivity index (χ0) is 15.0. The summed E-state index contributed by atoms with van der Waals surface area (Å²) < 4.78 is 10.7. The van der Waals surface area contributed by atoms with Crippen LogP contribution in [0.4, 0.5) is 5.69 Å². The number of nitrogens with zero attached hydrogens (tertiary/aromatic N) is 1. The Balaban J connectivity index is 2.59. The van der Waals surface area contributed by atoms with Gasteiger partial charge in [0.25, 0.3) is 5.91 Å². The first kappa shape index (κ1) is 16.4. The molecule has 0 bridgehead atoms. The van der Waals surface area contributed by atoms with Crippen molar-refractivity contribution >= 4 is 11.6 Å². The molecular formula is C15H24N2O3. The summed E-state index contributed by atoms with van der Waals surface area (Å²) in [4.78, 5) is 16.3. The molecule has 0 aliphatic carbocycles. The van der Waals surface area contributed by atoms with Crippen molar-refractivity contribution in [2.24, 2.45) is 0 Å². The standard InChI is InChI=1S/C15H24N2O3/c1-5-7-10-20-13-9-8-12(11-16-13)17-14(18)15(3,6-2)19-4/h8-9,11H,5-7,10H2,1-4H3,(H,17,18)/t15-/m0/s1. The first-order valence-electron chi connectivity index (χ1n) is 7.01. The van der Waals surface area contributed by atoms with Crippen LogP contribution >= 0.6 is 0 Å². The average Bonchev–Trinajstić information content (AvgIpc) is 2.48. The van der Waals surface area contributed by atoms with Crippen LogP contribution in [0.3, 0.4) is 0 Å². The van der Waals surface area contributed by atoms with Gasteiger partial charge in [0.05, 0.1) is 18.5 Å². The van der Waals surface area contributed by atoms with Crippen LogP contribution in [0.5, 0.6) is 5.88 Å². The van der Waals surface area contributed by atoms with E-state index in [4.69, 9.17) is 9.47 Å². The van der Waals surface area contributed by atoms with Gasteiger partial charge < -0.3 is 14.8 Å². The van der Waals surface area contributed by atoms with Crippen LogP contribution in [0.15, 0.2) is 18.3 Å². The maximum absolute atomic E-state index is 12.1. The molecule has 1 rings (SSSR count). The molecule has 0 saturated heterocycles. The van der Waals surface area contributed by atoms with Crippen LogP contribution in [0.2, 0.25) is 0 Å². The average molecular weight is 280 g/mol. The summed E-state index contributed by atoms with van der Waals surface area (Å²) in [7, 11) is 1.53. The molecule has 1 aromatic rings.